The van der Waals surface area contributed by atoms with Crippen LogP contribution in [0.1, 0.15) is 12.1 Å². The zero-order valence-electron chi connectivity index (χ0n) is 11.9. The van der Waals surface area contributed by atoms with Crippen molar-refractivity contribution in [2.24, 2.45) is 0 Å². The molecule has 0 unspecified atom stereocenters. The van der Waals surface area contributed by atoms with Gasteiger partial charge < -0.3 is 15.4 Å². The average Bonchev–Trinajstić information content (AvgIpc) is 3.07. The van der Waals surface area contributed by atoms with Crippen molar-refractivity contribution in [2.75, 3.05) is 6.54 Å². The summed E-state index contributed by atoms with van der Waals surface area (Å²) in [7, 11) is 0. The summed E-state index contributed by atoms with van der Waals surface area (Å²) in [5.41, 5.74) is 0.389. The highest BCUT2D eigenvalue weighted by molar-refractivity contribution is 6.33. The predicted molar refractivity (Wildman–Crippen MR) is 78.5 cm³/mol. The van der Waals surface area contributed by atoms with Crippen LogP contribution in [-0.4, -0.2) is 36.9 Å². The fourth-order valence-electron chi connectivity index (χ4n) is 1.87. The topological polar surface area (TPSA) is 108 Å². The Labute approximate surface area is 131 Å². The van der Waals surface area contributed by atoms with Crippen LogP contribution in [0.4, 0.5) is 5.82 Å². The Morgan fingerprint density at radius 2 is 2.32 bits per heavy atom. The molecule has 0 saturated heterocycles. The van der Waals surface area contributed by atoms with E-state index < -0.39 is 10.7 Å². The Hall–Kier alpha value is -2.42. The lowest BCUT2D eigenvalue weighted by atomic mass is 10.4. The Bertz CT molecular complexity index is 667. The lowest BCUT2D eigenvalue weighted by Crippen LogP contribution is -2.29. The third-order valence-electron chi connectivity index (χ3n) is 3.03. The van der Waals surface area contributed by atoms with Crippen LogP contribution < -0.4 is 5.32 Å². The first kappa shape index (κ1) is 16.0. The second-order valence-electron chi connectivity index (χ2n) is 4.61. The van der Waals surface area contributed by atoms with Gasteiger partial charge in [0.15, 0.2) is 5.02 Å². The van der Waals surface area contributed by atoms with Crippen molar-refractivity contribution in [3.8, 4) is 0 Å². The molecule has 2 heterocycles. The van der Waals surface area contributed by atoms with Crippen LogP contribution in [-0.2, 0) is 17.9 Å². The van der Waals surface area contributed by atoms with E-state index in [1.165, 1.54) is 4.68 Å². The van der Waals surface area contributed by atoms with Gasteiger partial charge in [0.2, 0.25) is 5.91 Å². The highest BCUT2D eigenvalue weighted by Gasteiger charge is 2.24. The first-order valence-electron chi connectivity index (χ1n) is 6.60. The summed E-state index contributed by atoms with van der Waals surface area (Å²) in [5, 5.41) is 21.2. The lowest BCUT2D eigenvalue weighted by molar-refractivity contribution is -0.389. The highest BCUT2D eigenvalue weighted by Crippen LogP contribution is 2.26. The number of carbonyl (C=O) groups is 1. The molecule has 0 aliphatic carbocycles. The van der Waals surface area contributed by atoms with E-state index >= 15 is 0 Å². The van der Waals surface area contributed by atoms with Crippen molar-refractivity contribution in [1.29, 1.82) is 0 Å². The Kier molecular flexibility index (Phi) is 5.10. The molecule has 2 aromatic rings. The van der Waals surface area contributed by atoms with Gasteiger partial charge in [-0.1, -0.05) is 11.6 Å². The SMILES string of the molecule is Cc1c(Cl)c([N+](=O)[O-])nn1CC(=O)NCCCn1cccn1. The molecule has 0 aliphatic rings. The first-order chi connectivity index (χ1) is 10.5. The van der Waals surface area contributed by atoms with Gasteiger partial charge in [-0.15, -0.1) is 0 Å². The Morgan fingerprint density at radius 1 is 1.55 bits per heavy atom. The van der Waals surface area contributed by atoms with Crippen LogP contribution in [0.5, 0.6) is 0 Å². The summed E-state index contributed by atoms with van der Waals surface area (Å²) in [6.07, 6.45) is 4.26. The van der Waals surface area contributed by atoms with Gasteiger partial charge in [0.05, 0.1) is 10.8 Å². The van der Waals surface area contributed by atoms with Crippen LogP contribution in [0.2, 0.25) is 5.02 Å². The molecule has 0 aliphatic heterocycles. The van der Waals surface area contributed by atoms with E-state index in [0.717, 1.165) is 6.42 Å². The van der Waals surface area contributed by atoms with Crippen molar-refractivity contribution >= 4 is 23.3 Å². The number of hydrogen-bond acceptors (Lipinski definition) is 5. The zero-order chi connectivity index (χ0) is 16.1. The van der Waals surface area contributed by atoms with Crippen LogP contribution >= 0.6 is 11.6 Å². The van der Waals surface area contributed by atoms with Gasteiger partial charge in [0.25, 0.3) is 0 Å². The minimum atomic E-state index is -0.673. The fourth-order valence-corrected chi connectivity index (χ4v) is 2.08. The molecule has 0 radical (unpaired) electrons. The third kappa shape index (κ3) is 3.82. The van der Waals surface area contributed by atoms with Crippen molar-refractivity contribution in [3.63, 3.8) is 0 Å². The van der Waals surface area contributed by atoms with Gasteiger partial charge in [0.1, 0.15) is 6.54 Å². The number of nitro groups is 1. The number of nitrogens with one attached hydrogen (secondary N) is 1. The van der Waals surface area contributed by atoms with Crippen molar-refractivity contribution < 1.29 is 9.72 Å². The van der Waals surface area contributed by atoms with Gasteiger partial charge in [-0.3, -0.25) is 9.48 Å². The summed E-state index contributed by atoms with van der Waals surface area (Å²) >= 11 is 5.81. The highest BCUT2D eigenvalue weighted by atomic mass is 35.5. The number of carbonyl (C=O) groups excluding carboxylic acids is 1. The number of rotatable bonds is 7. The molecule has 0 bridgehead atoms. The predicted octanol–water partition coefficient (Wildman–Crippen LogP) is 1.16. The maximum Gasteiger partial charge on any atom is 0.408 e. The van der Waals surface area contributed by atoms with E-state index in [1.807, 2.05) is 12.3 Å². The molecule has 9 nitrogen and oxygen atoms in total. The summed E-state index contributed by atoms with van der Waals surface area (Å²) in [6, 6.07) is 1.83. The van der Waals surface area contributed by atoms with Crippen LogP contribution in [0.15, 0.2) is 18.5 Å². The summed E-state index contributed by atoms with van der Waals surface area (Å²) in [6.45, 7) is 2.65. The number of aromatic nitrogens is 4. The average molecular weight is 327 g/mol. The molecular formula is C12H15ClN6O3. The molecule has 2 rings (SSSR count). The van der Waals surface area contributed by atoms with Gasteiger partial charge >= 0.3 is 5.82 Å². The summed E-state index contributed by atoms with van der Waals surface area (Å²) in [5.74, 6) is -0.719. The number of aryl methyl sites for hydroxylation is 1. The largest absolute Gasteiger partial charge is 0.408 e. The molecule has 2 aromatic heterocycles. The monoisotopic (exact) mass is 326 g/mol. The maximum atomic E-state index is 11.8. The first-order valence-corrected chi connectivity index (χ1v) is 6.98. The van der Waals surface area contributed by atoms with Crippen molar-refractivity contribution in [1.82, 2.24) is 24.9 Å². The molecule has 0 aromatic carbocycles. The molecule has 0 atom stereocenters. The van der Waals surface area contributed by atoms with Crippen molar-refractivity contribution in [3.05, 3.63) is 39.3 Å². The van der Waals surface area contributed by atoms with E-state index in [4.69, 9.17) is 11.6 Å². The molecule has 1 amide bonds. The van der Waals surface area contributed by atoms with E-state index in [-0.39, 0.29) is 17.5 Å². The molecule has 10 heteroatoms. The van der Waals surface area contributed by atoms with Gasteiger partial charge in [-0.05, 0) is 24.3 Å². The number of nitrogens with zero attached hydrogens (tertiary/aromatic N) is 5. The molecule has 22 heavy (non-hydrogen) atoms. The second-order valence-corrected chi connectivity index (χ2v) is 4.99. The number of hydrogen-bond donors (Lipinski definition) is 1. The minimum absolute atomic E-state index is 0.0449. The second kappa shape index (κ2) is 7.03. The standard InChI is InChI=1S/C12H15ClN6O3/c1-9-11(13)12(19(21)22)16-18(9)8-10(20)14-4-2-6-17-7-3-5-15-17/h3,5,7H,2,4,6,8H2,1H3,(H,14,20). The Balaban J connectivity index is 1.82. The van der Waals surface area contributed by atoms with E-state index in [0.29, 0.717) is 18.8 Å². The molecular weight excluding hydrogens is 312 g/mol. The maximum absolute atomic E-state index is 11.8. The molecule has 0 spiro atoms. The van der Waals surface area contributed by atoms with Crippen LogP contribution in [0, 0.1) is 17.0 Å². The minimum Gasteiger partial charge on any atom is -0.358 e. The summed E-state index contributed by atoms with van der Waals surface area (Å²) in [4.78, 5) is 21.9. The molecule has 0 saturated carbocycles. The number of halogens is 1. The van der Waals surface area contributed by atoms with E-state index in [2.05, 4.69) is 15.5 Å². The van der Waals surface area contributed by atoms with Gasteiger partial charge in [-0.25, -0.2) is 0 Å². The molecule has 1 N–H and O–H groups in total. The smallest absolute Gasteiger partial charge is 0.358 e. The molecule has 118 valence electrons. The van der Waals surface area contributed by atoms with Crippen LogP contribution in [0.3, 0.4) is 0 Å². The lowest BCUT2D eigenvalue weighted by Gasteiger charge is -2.05. The zero-order valence-corrected chi connectivity index (χ0v) is 12.7. The molecule has 0 fully saturated rings. The third-order valence-corrected chi connectivity index (χ3v) is 3.47. The normalized spacial score (nSPS) is 10.6. The fraction of sp³-hybridized carbons (Fsp3) is 0.417. The summed E-state index contributed by atoms with van der Waals surface area (Å²) < 4.78 is 3.00. The quantitative estimate of drug-likeness (QED) is 0.466. The van der Waals surface area contributed by atoms with Crippen molar-refractivity contribution in [2.45, 2.75) is 26.4 Å². The Morgan fingerprint density at radius 3 is 2.91 bits per heavy atom. The van der Waals surface area contributed by atoms with Gasteiger partial charge in [0, 0.05) is 25.5 Å². The van der Waals surface area contributed by atoms with Gasteiger partial charge in [-0.2, -0.15) is 9.78 Å². The number of amides is 1. The van der Waals surface area contributed by atoms with E-state index in [9.17, 15) is 14.9 Å². The van der Waals surface area contributed by atoms with E-state index in [1.54, 1.807) is 17.8 Å². The van der Waals surface area contributed by atoms with Crippen LogP contribution in [0.25, 0.3) is 0 Å².